The van der Waals surface area contributed by atoms with Crippen LogP contribution in [-0.4, -0.2) is 37.2 Å². The summed E-state index contributed by atoms with van der Waals surface area (Å²) in [7, 11) is 1.30. The van der Waals surface area contributed by atoms with Gasteiger partial charge in [0.15, 0.2) is 0 Å². The maximum Gasteiger partial charge on any atom is 0.410 e. The van der Waals surface area contributed by atoms with Crippen LogP contribution in [0.4, 0.5) is 4.79 Å². The Hall–Kier alpha value is -2.48. The van der Waals surface area contributed by atoms with Crippen LogP contribution in [0, 0.1) is 17.8 Å². The van der Waals surface area contributed by atoms with Gasteiger partial charge < -0.3 is 14.4 Å². The van der Waals surface area contributed by atoms with E-state index in [9.17, 15) is 9.59 Å². The van der Waals surface area contributed by atoms with Crippen molar-refractivity contribution in [3.05, 3.63) is 35.9 Å². The Morgan fingerprint density at radius 3 is 2.73 bits per heavy atom. The molecule has 1 aromatic carbocycles. The Balaban J connectivity index is 1.98. The van der Waals surface area contributed by atoms with Crippen molar-refractivity contribution in [1.82, 2.24) is 4.90 Å². The van der Waals surface area contributed by atoms with Crippen LogP contribution in [0.25, 0.3) is 0 Å². The topological polar surface area (TPSA) is 55.8 Å². The number of piperidine rings is 1. The number of terminal acetylenes is 1. The second-order valence-corrected chi connectivity index (χ2v) is 5.28. The van der Waals surface area contributed by atoms with Crippen LogP contribution >= 0.6 is 0 Å². The summed E-state index contributed by atoms with van der Waals surface area (Å²) in [5.41, 5.74) is -0.164. The summed E-state index contributed by atoms with van der Waals surface area (Å²) < 4.78 is 10.1. The van der Waals surface area contributed by atoms with Gasteiger partial charge >= 0.3 is 12.1 Å². The quantitative estimate of drug-likeness (QED) is 0.634. The van der Waals surface area contributed by atoms with Gasteiger partial charge in [0.2, 0.25) is 0 Å². The number of benzene rings is 1. The zero-order valence-corrected chi connectivity index (χ0v) is 12.6. The average Bonchev–Trinajstić information content (AvgIpc) is 2.59. The normalized spacial score (nSPS) is 20.8. The number of esters is 1. The highest BCUT2D eigenvalue weighted by Gasteiger charge is 2.43. The van der Waals surface area contributed by atoms with Gasteiger partial charge in [0.1, 0.15) is 12.0 Å². The van der Waals surface area contributed by atoms with Crippen molar-refractivity contribution in [2.24, 2.45) is 5.41 Å². The van der Waals surface area contributed by atoms with Gasteiger partial charge in [-0.3, -0.25) is 4.79 Å². The molecule has 1 amide bonds. The van der Waals surface area contributed by atoms with Crippen LogP contribution in [0.5, 0.6) is 0 Å². The molecular weight excluding hydrogens is 282 g/mol. The van der Waals surface area contributed by atoms with Crippen molar-refractivity contribution in [2.75, 3.05) is 20.2 Å². The predicted octanol–water partition coefficient (Wildman–Crippen LogP) is 2.21. The first-order valence-corrected chi connectivity index (χ1v) is 7.13. The smallest absolute Gasteiger partial charge is 0.410 e. The molecule has 1 atom stereocenters. The first kappa shape index (κ1) is 15.9. The minimum Gasteiger partial charge on any atom is -0.468 e. The Labute approximate surface area is 130 Å². The molecule has 5 nitrogen and oxygen atoms in total. The van der Waals surface area contributed by atoms with Crippen LogP contribution in [-0.2, 0) is 20.9 Å². The van der Waals surface area contributed by atoms with E-state index in [0.717, 1.165) is 5.56 Å². The maximum absolute atomic E-state index is 12.2. The molecule has 1 aliphatic heterocycles. The average molecular weight is 301 g/mol. The van der Waals surface area contributed by atoms with Crippen LogP contribution in [0.1, 0.15) is 18.4 Å². The molecule has 116 valence electrons. The minimum atomic E-state index is -1.07. The lowest BCUT2D eigenvalue weighted by Crippen LogP contribution is -2.49. The van der Waals surface area contributed by atoms with E-state index in [4.69, 9.17) is 15.9 Å². The number of likely N-dealkylation sites (tertiary alicyclic amines) is 1. The van der Waals surface area contributed by atoms with Crippen LogP contribution in [0.3, 0.4) is 0 Å². The van der Waals surface area contributed by atoms with Gasteiger partial charge in [-0.15, -0.1) is 6.42 Å². The largest absolute Gasteiger partial charge is 0.468 e. The number of carbonyl (C=O) groups excluding carboxylic acids is 2. The van der Waals surface area contributed by atoms with E-state index in [1.54, 1.807) is 0 Å². The molecule has 0 aliphatic carbocycles. The van der Waals surface area contributed by atoms with Crippen molar-refractivity contribution in [3.63, 3.8) is 0 Å². The van der Waals surface area contributed by atoms with Gasteiger partial charge in [-0.05, 0) is 18.4 Å². The monoisotopic (exact) mass is 301 g/mol. The van der Waals surface area contributed by atoms with Crippen molar-refractivity contribution >= 4 is 12.1 Å². The fourth-order valence-corrected chi connectivity index (χ4v) is 2.56. The molecule has 1 unspecified atom stereocenters. The molecule has 1 saturated heterocycles. The highest BCUT2D eigenvalue weighted by atomic mass is 16.6. The number of rotatable bonds is 3. The molecule has 0 N–H and O–H groups in total. The Morgan fingerprint density at radius 2 is 2.09 bits per heavy atom. The van der Waals surface area contributed by atoms with Gasteiger partial charge in [0.25, 0.3) is 0 Å². The number of carbonyl (C=O) groups is 2. The van der Waals surface area contributed by atoms with E-state index in [2.05, 4.69) is 5.92 Å². The second kappa shape index (κ2) is 6.99. The van der Waals surface area contributed by atoms with E-state index in [1.165, 1.54) is 12.0 Å². The second-order valence-electron chi connectivity index (χ2n) is 5.28. The van der Waals surface area contributed by atoms with Crippen molar-refractivity contribution in [2.45, 2.75) is 19.4 Å². The summed E-state index contributed by atoms with van der Waals surface area (Å²) in [4.78, 5) is 25.6. The molecule has 1 heterocycles. The molecule has 0 radical (unpaired) electrons. The highest BCUT2D eigenvalue weighted by molar-refractivity contribution is 5.82. The van der Waals surface area contributed by atoms with Gasteiger partial charge in [0, 0.05) is 6.54 Å². The van der Waals surface area contributed by atoms with Crippen LogP contribution < -0.4 is 0 Å². The van der Waals surface area contributed by atoms with Gasteiger partial charge in [0.05, 0.1) is 13.7 Å². The molecule has 0 aromatic heterocycles. The Bertz CT molecular complexity index is 578. The lowest BCUT2D eigenvalue weighted by atomic mass is 9.81. The highest BCUT2D eigenvalue weighted by Crippen LogP contribution is 2.31. The molecular formula is C17H19NO4. The Kier molecular flexibility index (Phi) is 5.05. The molecule has 22 heavy (non-hydrogen) atoms. The third kappa shape index (κ3) is 3.40. The number of amides is 1. The predicted molar refractivity (Wildman–Crippen MR) is 80.7 cm³/mol. The van der Waals surface area contributed by atoms with E-state index >= 15 is 0 Å². The maximum atomic E-state index is 12.2. The first-order chi connectivity index (χ1) is 10.6. The number of nitrogens with zero attached hydrogens (tertiary/aromatic N) is 1. The standard InChI is InChI=1S/C17H19NO4/c1-3-17(15(19)21-2)10-7-11-18(13-17)16(20)22-12-14-8-5-4-6-9-14/h1,4-6,8-9H,7,10-13H2,2H3. The summed E-state index contributed by atoms with van der Waals surface area (Å²) >= 11 is 0. The summed E-state index contributed by atoms with van der Waals surface area (Å²) in [5, 5.41) is 0. The van der Waals surface area contributed by atoms with Crippen molar-refractivity contribution < 1.29 is 19.1 Å². The molecule has 1 fully saturated rings. The molecule has 1 aliphatic rings. The third-order valence-electron chi connectivity index (χ3n) is 3.81. The van der Waals surface area contributed by atoms with Gasteiger partial charge in [-0.25, -0.2) is 4.79 Å². The summed E-state index contributed by atoms with van der Waals surface area (Å²) in [6.45, 7) is 0.843. The molecule has 0 spiro atoms. The SMILES string of the molecule is C#CC1(C(=O)OC)CCCN(C(=O)OCc2ccccc2)C1. The van der Waals surface area contributed by atoms with Crippen LogP contribution in [0.15, 0.2) is 30.3 Å². The zero-order valence-electron chi connectivity index (χ0n) is 12.6. The van der Waals surface area contributed by atoms with Gasteiger partial charge in [-0.2, -0.15) is 0 Å². The van der Waals surface area contributed by atoms with Crippen molar-refractivity contribution in [1.29, 1.82) is 0 Å². The van der Waals surface area contributed by atoms with Crippen LogP contribution in [0.2, 0.25) is 0 Å². The molecule has 2 rings (SSSR count). The first-order valence-electron chi connectivity index (χ1n) is 7.13. The third-order valence-corrected chi connectivity index (χ3v) is 3.81. The van der Waals surface area contributed by atoms with E-state index in [1.807, 2.05) is 30.3 Å². The number of hydrogen-bond acceptors (Lipinski definition) is 4. The zero-order chi connectivity index (χ0) is 16.0. The number of ether oxygens (including phenoxy) is 2. The Morgan fingerprint density at radius 1 is 1.36 bits per heavy atom. The van der Waals surface area contributed by atoms with E-state index in [0.29, 0.717) is 19.4 Å². The van der Waals surface area contributed by atoms with Crippen molar-refractivity contribution in [3.8, 4) is 12.3 Å². The summed E-state index contributed by atoms with van der Waals surface area (Å²) in [6.07, 6.45) is 6.20. The summed E-state index contributed by atoms with van der Waals surface area (Å²) in [5.74, 6) is 2.03. The van der Waals surface area contributed by atoms with E-state index in [-0.39, 0.29) is 13.2 Å². The molecule has 0 bridgehead atoms. The van der Waals surface area contributed by atoms with E-state index < -0.39 is 17.5 Å². The molecule has 1 aromatic rings. The number of methoxy groups -OCH3 is 1. The molecule has 0 saturated carbocycles. The minimum absolute atomic E-state index is 0.129. The summed E-state index contributed by atoms with van der Waals surface area (Å²) in [6, 6.07) is 9.41. The van der Waals surface area contributed by atoms with Gasteiger partial charge in [-0.1, -0.05) is 36.3 Å². The molecule has 5 heteroatoms. The lowest BCUT2D eigenvalue weighted by molar-refractivity contribution is -0.151. The lowest BCUT2D eigenvalue weighted by Gasteiger charge is -2.36. The fraction of sp³-hybridized carbons (Fsp3) is 0.412. The number of hydrogen-bond donors (Lipinski definition) is 0. The fourth-order valence-electron chi connectivity index (χ4n) is 2.56.